The van der Waals surface area contributed by atoms with Gasteiger partial charge in [0.15, 0.2) is 0 Å². The van der Waals surface area contributed by atoms with Gasteiger partial charge in [-0.25, -0.2) is 0 Å². The molecule has 0 aromatic rings. The third-order valence-corrected chi connectivity index (χ3v) is 1.87. The quantitative estimate of drug-likeness (QED) is 0.639. The Hall–Kier alpha value is -0.900. The van der Waals surface area contributed by atoms with Crippen LogP contribution in [-0.4, -0.2) is 29.3 Å². The fourth-order valence-corrected chi connectivity index (χ4v) is 1.19. The maximum absolute atomic E-state index is 11.0. The molecule has 2 amide bonds. The largest absolute Gasteiger partial charge is 0.328 e. The van der Waals surface area contributed by atoms with E-state index in [9.17, 15) is 9.59 Å². The Morgan fingerprint density at radius 2 is 1.69 bits per heavy atom. The molecule has 1 fully saturated rings. The number of nitrogens with two attached hydrogens (primary N) is 1. The van der Waals surface area contributed by atoms with Crippen molar-refractivity contribution in [3.63, 3.8) is 0 Å². The summed E-state index contributed by atoms with van der Waals surface area (Å²) >= 11 is 0. The lowest BCUT2D eigenvalue weighted by atomic mass is 10.3. The zero-order valence-corrected chi connectivity index (χ0v) is 8.54. The molecule has 1 atom stereocenters. The highest BCUT2D eigenvalue weighted by molar-refractivity contribution is 6.02. The Labute approximate surface area is 79.1 Å². The maximum Gasteiger partial charge on any atom is 0.229 e. The third kappa shape index (κ3) is 2.81. The summed E-state index contributed by atoms with van der Waals surface area (Å²) in [6.07, 6.45) is 0.701. The molecule has 13 heavy (non-hydrogen) atoms. The van der Waals surface area contributed by atoms with Gasteiger partial charge in [0.2, 0.25) is 11.8 Å². The molecule has 0 aliphatic carbocycles. The molecule has 0 saturated carbocycles. The van der Waals surface area contributed by atoms with Crippen molar-refractivity contribution in [2.24, 2.45) is 5.73 Å². The number of amides is 2. The van der Waals surface area contributed by atoms with Crippen LogP contribution in [0, 0.1) is 0 Å². The first-order valence-corrected chi connectivity index (χ1v) is 4.71. The highest BCUT2D eigenvalue weighted by Gasteiger charge is 2.31. The highest BCUT2D eigenvalue weighted by Crippen LogP contribution is 2.14. The van der Waals surface area contributed by atoms with E-state index in [-0.39, 0.29) is 17.9 Å². The summed E-state index contributed by atoms with van der Waals surface area (Å²) in [7, 11) is 0. The second kappa shape index (κ2) is 5.70. The number of carbonyl (C=O) groups excluding carboxylic acids is 2. The van der Waals surface area contributed by atoms with E-state index in [2.05, 4.69) is 0 Å². The number of hydrogen-bond acceptors (Lipinski definition) is 3. The van der Waals surface area contributed by atoms with E-state index in [4.69, 9.17) is 5.73 Å². The minimum absolute atomic E-state index is 0.0899. The molecule has 0 aromatic carbocycles. The van der Waals surface area contributed by atoms with Crippen molar-refractivity contribution < 1.29 is 9.59 Å². The van der Waals surface area contributed by atoms with Gasteiger partial charge in [0.1, 0.15) is 0 Å². The van der Waals surface area contributed by atoms with Gasteiger partial charge in [0.25, 0.3) is 0 Å². The van der Waals surface area contributed by atoms with Gasteiger partial charge in [-0.1, -0.05) is 13.8 Å². The Morgan fingerprint density at radius 1 is 1.31 bits per heavy atom. The van der Waals surface area contributed by atoms with Crippen LogP contribution in [0.1, 0.15) is 33.6 Å². The number of hydrogen-bond donors (Lipinski definition) is 1. The lowest BCUT2D eigenvalue weighted by molar-refractivity contribution is -0.140. The van der Waals surface area contributed by atoms with Crippen LogP contribution in [0.2, 0.25) is 0 Å². The molecule has 4 nitrogen and oxygen atoms in total. The topological polar surface area (TPSA) is 63.4 Å². The summed E-state index contributed by atoms with van der Waals surface area (Å²) in [6.45, 7) is 6.12. The molecule has 1 heterocycles. The number of rotatable bonds is 2. The molecule has 1 aliphatic heterocycles. The van der Waals surface area contributed by atoms with Crippen LogP contribution in [-0.2, 0) is 9.59 Å². The molecule has 76 valence electrons. The maximum atomic E-state index is 11.0. The Morgan fingerprint density at radius 3 is 2.00 bits per heavy atom. The lowest BCUT2D eigenvalue weighted by Gasteiger charge is -2.20. The summed E-state index contributed by atoms with van der Waals surface area (Å²) in [5, 5.41) is 0. The first-order chi connectivity index (χ1) is 6.16. The van der Waals surface area contributed by atoms with Crippen LogP contribution in [0.4, 0.5) is 0 Å². The van der Waals surface area contributed by atoms with E-state index in [0.717, 1.165) is 0 Å². The summed E-state index contributed by atoms with van der Waals surface area (Å²) in [5.41, 5.74) is 5.33. The molecular weight excluding hydrogens is 168 g/mol. The second-order valence-electron chi connectivity index (χ2n) is 2.74. The molecule has 4 heteroatoms. The first-order valence-electron chi connectivity index (χ1n) is 4.71. The normalized spacial score (nSPS) is 18.3. The van der Waals surface area contributed by atoms with Crippen LogP contribution in [0.3, 0.4) is 0 Å². The third-order valence-electron chi connectivity index (χ3n) is 1.87. The van der Waals surface area contributed by atoms with Crippen LogP contribution in [0.25, 0.3) is 0 Å². The van der Waals surface area contributed by atoms with Crippen molar-refractivity contribution in [1.29, 1.82) is 0 Å². The Kier molecular flexibility index (Phi) is 5.30. The van der Waals surface area contributed by atoms with Gasteiger partial charge in [-0.05, 0) is 6.92 Å². The molecule has 0 radical (unpaired) electrons. The molecule has 2 N–H and O–H groups in total. The minimum Gasteiger partial charge on any atom is -0.328 e. The molecule has 1 unspecified atom stereocenters. The lowest BCUT2D eigenvalue weighted by Crippen LogP contribution is -2.41. The zero-order valence-electron chi connectivity index (χ0n) is 8.54. The van der Waals surface area contributed by atoms with Gasteiger partial charge in [0, 0.05) is 25.4 Å². The molecule has 0 aromatic heterocycles. The summed E-state index contributed by atoms with van der Waals surface area (Å²) in [6, 6.07) is -0.141. The number of imide groups is 1. The second-order valence-corrected chi connectivity index (χ2v) is 2.74. The van der Waals surface area contributed by atoms with Crippen molar-refractivity contribution in [2.75, 3.05) is 6.54 Å². The summed E-state index contributed by atoms with van der Waals surface area (Å²) in [5.74, 6) is -0.180. The van der Waals surface area contributed by atoms with E-state index < -0.39 is 0 Å². The Balaban J connectivity index is 0.000000671. The van der Waals surface area contributed by atoms with Gasteiger partial charge in [-0.3, -0.25) is 14.5 Å². The number of nitrogens with zero attached hydrogens (tertiary/aromatic N) is 1. The first kappa shape index (κ1) is 12.1. The average molecular weight is 186 g/mol. The molecular formula is C9H18N2O2. The van der Waals surface area contributed by atoms with Gasteiger partial charge in [-0.2, -0.15) is 0 Å². The van der Waals surface area contributed by atoms with Crippen LogP contribution < -0.4 is 5.73 Å². The van der Waals surface area contributed by atoms with Gasteiger partial charge in [0.05, 0.1) is 0 Å². The summed E-state index contributed by atoms with van der Waals surface area (Å²) in [4.78, 5) is 23.3. The van der Waals surface area contributed by atoms with Crippen LogP contribution >= 0.6 is 0 Å². The highest BCUT2D eigenvalue weighted by atomic mass is 16.2. The predicted molar refractivity (Wildman–Crippen MR) is 51.0 cm³/mol. The smallest absolute Gasteiger partial charge is 0.229 e. The van der Waals surface area contributed by atoms with Gasteiger partial charge >= 0.3 is 0 Å². The molecule has 1 saturated heterocycles. The van der Waals surface area contributed by atoms with Crippen molar-refractivity contribution in [1.82, 2.24) is 4.90 Å². The van der Waals surface area contributed by atoms with E-state index in [1.165, 1.54) is 4.90 Å². The van der Waals surface area contributed by atoms with Crippen molar-refractivity contribution >= 4 is 11.8 Å². The van der Waals surface area contributed by atoms with Crippen LogP contribution in [0.15, 0.2) is 0 Å². The van der Waals surface area contributed by atoms with E-state index in [1.807, 2.05) is 13.8 Å². The summed E-state index contributed by atoms with van der Waals surface area (Å²) < 4.78 is 0. The van der Waals surface area contributed by atoms with Crippen molar-refractivity contribution in [3.05, 3.63) is 0 Å². The van der Waals surface area contributed by atoms with Crippen molar-refractivity contribution in [3.8, 4) is 0 Å². The predicted octanol–water partition coefficient (Wildman–Crippen LogP) is 0.509. The molecule has 0 bridgehead atoms. The standard InChI is InChI=1S/C7H12N2O2.C2H6/c1-5(4-8)9-6(10)2-3-7(9)11;1-2/h5H,2-4,8H2,1H3;1-2H3. The van der Waals surface area contributed by atoms with Crippen molar-refractivity contribution in [2.45, 2.75) is 39.7 Å². The molecule has 1 aliphatic rings. The number of carbonyl (C=O) groups is 2. The monoisotopic (exact) mass is 186 g/mol. The van der Waals surface area contributed by atoms with E-state index in [1.54, 1.807) is 6.92 Å². The minimum atomic E-state index is -0.141. The van der Waals surface area contributed by atoms with Crippen LogP contribution in [0.5, 0.6) is 0 Å². The molecule has 1 rings (SSSR count). The fourth-order valence-electron chi connectivity index (χ4n) is 1.19. The van der Waals surface area contributed by atoms with Gasteiger partial charge < -0.3 is 5.73 Å². The fraction of sp³-hybridized carbons (Fsp3) is 0.778. The van der Waals surface area contributed by atoms with Gasteiger partial charge in [-0.15, -0.1) is 0 Å². The average Bonchev–Trinajstić information content (AvgIpc) is 2.49. The Bertz CT molecular complexity index is 176. The molecule has 0 spiro atoms. The van der Waals surface area contributed by atoms with E-state index in [0.29, 0.717) is 19.4 Å². The van der Waals surface area contributed by atoms with E-state index >= 15 is 0 Å². The SMILES string of the molecule is CC.CC(CN)N1C(=O)CCC1=O. The number of likely N-dealkylation sites (tertiary alicyclic amines) is 1. The zero-order chi connectivity index (χ0) is 10.4.